The Kier molecular flexibility index (Phi) is 4.13. The molecule has 1 aliphatic heterocycles. The molecule has 3 rings (SSSR count). The Morgan fingerprint density at radius 1 is 1.32 bits per heavy atom. The van der Waals surface area contributed by atoms with Gasteiger partial charge in [-0.3, -0.25) is 4.90 Å². The lowest BCUT2D eigenvalue weighted by Crippen LogP contribution is -2.44. The molecule has 0 amide bonds. The monoisotopic (exact) mass is 264 g/mol. The summed E-state index contributed by atoms with van der Waals surface area (Å²) in [4.78, 5) is 7.03. The van der Waals surface area contributed by atoms with Crippen LogP contribution in [-0.4, -0.2) is 41.2 Å². The number of nitrogens with one attached hydrogen (secondary N) is 1. The van der Waals surface area contributed by atoms with Gasteiger partial charge in [-0.05, 0) is 25.7 Å². The quantitative estimate of drug-likeness (QED) is 0.898. The topological polar surface area (TPSA) is 54.2 Å². The summed E-state index contributed by atoms with van der Waals surface area (Å²) >= 11 is 0. The molecular weight excluding hydrogens is 240 g/mol. The van der Waals surface area contributed by atoms with Crippen LogP contribution in [0, 0.1) is 5.92 Å². The van der Waals surface area contributed by atoms with Crippen molar-refractivity contribution in [3.63, 3.8) is 0 Å². The van der Waals surface area contributed by atoms with Crippen molar-refractivity contribution in [3.05, 3.63) is 11.7 Å². The van der Waals surface area contributed by atoms with E-state index >= 15 is 0 Å². The maximum absolute atomic E-state index is 5.44. The van der Waals surface area contributed by atoms with Gasteiger partial charge in [-0.1, -0.05) is 18.0 Å². The summed E-state index contributed by atoms with van der Waals surface area (Å²) in [6.07, 6.45) is 6.35. The van der Waals surface area contributed by atoms with Crippen LogP contribution in [0.15, 0.2) is 4.52 Å². The third-order valence-electron chi connectivity index (χ3n) is 4.49. The second-order valence-corrected chi connectivity index (χ2v) is 5.86. The Morgan fingerprint density at radius 3 is 2.79 bits per heavy atom. The minimum absolute atomic E-state index is 0.267. The van der Waals surface area contributed by atoms with E-state index in [-0.39, 0.29) is 6.04 Å². The average molecular weight is 264 g/mol. The maximum Gasteiger partial charge on any atom is 0.226 e. The Bertz CT molecular complexity index is 394. The Balaban J connectivity index is 1.59. The van der Waals surface area contributed by atoms with E-state index in [1.165, 1.54) is 25.7 Å². The molecule has 0 aromatic carbocycles. The van der Waals surface area contributed by atoms with Gasteiger partial charge < -0.3 is 9.84 Å². The second-order valence-electron chi connectivity index (χ2n) is 5.86. The van der Waals surface area contributed by atoms with Crippen LogP contribution in [0.1, 0.15) is 50.4 Å². The van der Waals surface area contributed by atoms with Crippen LogP contribution >= 0.6 is 0 Å². The van der Waals surface area contributed by atoms with Crippen LogP contribution < -0.4 is 5.32 Å². The molecule has 1 N–H and O–H groups in total. The number of hydrogen-bond acceptors (Lipinski definition) is 5. The zero-order valence-electron chi connectivity index (χ0n) is 11.8. The molecule has 1 aliphatic carbocycles. The van der Waals surface area contributed by atoms with E-state index in [0.717, 1.165) is 50.2 Å². The molecule has 1 atom stereocenters. The van der Waals surface area contributed by atoms with Crippen LogP contribution in [0.3, 0.4) is 0 Å². The van der Waals surface area contributed by atoms with Gasteiger partial charge in [0, 0.05) is 32.6 Å². The van der Waals surface area contributed by atoms with Gasteiger partial charge in [0.25, 0.3) is 0 Å². The predicted molar refractivity (Wildman–Crippen MR) is 72.8 cm³/mol. The van der Waals surface area contributed by atoms with E-state index in [2.05, 4.69) is 27.3 Å². The van der Waals surface area contributed by atoms with Crippen molar-refractivity contribution in [2.24, 2.45) is 5.92 Å². The summed E-state index contributed by atoms with van der Waals surface area (Å²) < 4.78 is 5.44. The van der Waals surface area contributed by atoms with E-state index in [0.29, 0.717) is 0 Å². The average Bonchev–Trinajstić information content (AvgIpc) is 3.11. The first-order chi connectivity index (χ1) is 9.33. The van der Waals surface area contributed by atoms with Gasteiger partial charge >= 0.3 is 0 Å². The molecule has 0 bridgehead atoms. The number of nitrogens with zero attached hydrogens (tertiary/aromatic N) is 3. The molecule has 1 unspecified atom stereocenters. The fraction of sp³-hybridized carbons (Fsp3) is 0.857. The first-order valence-electron chi connectivity index (χ1n) is 7.60. The minimum Gasteiger partial charge on any atom is -0.339 e. The van der Waals surface area contributed by atoms with Crippen LogP contribution in [-0.2, 0) is 6.42 Å². The molecule has 2 heterocycles. The van der Waals surface area contributed by atoms with Crippen molar-refractivity contribution in [2.45, 2.75) is 45.1 Å². The minimum atomic E-state index is 0.267. The lowest BCUT2D eigenvalue weighted by molar-refractivity contribution is 0.176. The number of rotatable bonds is 4. The lowest BCUT2D eigenvalue weighted by Gasteiger charge is -2.30. The highest BCUT2D eigenvalue weighted by Crippen LogP contribution is 2.28. The second kappa shape index (κ2) is 6.01. The first kappa shape index (κ1) is 13.1. The van der Waals surface area contributed by atoms with E-state index in [1.807, 2.05) is 0 Å². The number of piperazine rings is 1. The molecule has 1 aromatic heterocycles. The van der Waals surface area contributed by atoms with E-state index in [1.54, 1.807) is 0 Å². The molecular formula is C14H24N4O. The molecule has 1 saturated carbocycles. The van der Waals surface area contributed by atoms with E-state index in [9.17, 15) is 0 Å². The first-order valence-corrected chi connectivity index (χ1v) is 7.60. The molecule has 106 valence electrons. The Morgan fingerprint density at radius 2 is 2.05 bits per heavy atom. The van der Waals surface area contributed by atoms with Gasteiger partial charge in [0.2, 0.25) is 5.89 Å². The van der Waals surface area contributed by atoms with Crippen LogP contribution in [0.4, 0.5) is 0 Å². The third kappa shape index (κ3) is 3.15. The SMILES string of the molecule is CC(c1noc(CC2CCCC2)n1)N1CCNCC1. The fourth-order valence-corrected chi connectivity index (χ4v) is 3.21. The van der Waals surface area contributed by atoms with Crippen molar-refractivity contribution >= 4 is 0 Å². The van der Waals surface area contributed by atoms with Gasteiger partial charge in [-0.15, -0.1) is 0 Å². The van der Waals surface area contributed by atoms with E-state index in [4.69, 9.17) is 4.52 Å². The Labute approximate surface area is 114 Å². The fourth-order valence-electron chi connectivity index (χ4n) is 3.21. The van der Waals surface area contributed by atoms with Crippen molar-refractivity contribution in [2.75, 3.05) is 26.2 Å². The molecule has 2 fully saturated rings. The van der Waals surface area contributed by atoms with Crippen LogP contribution in [0.5, 0.6) is 0 Å². The van der Waals surface area contributed by atoms with Gasteiger partial charge in [-0.2, -0.15) is 4.98 Å². The van der Waals surface area contributed by atoms with Crippen LogP contribution in [0.2, 0.25) is 0 Å². The molecule has 5 nitrogen and oxygen atoms in total. The summed E-state index contributed by atoms with van der Waals surface area (Å²) in [5, 5.41) is 7.55. The largest absolute Gasteiger partial charge is 0.339 e. The summed E-state index contributed by atoms with van der Waals surface area (Å²) in [6, 6.07) is 0.267. The standard InChI is InChI=1S/C14H24N4O/c1-11(18-8-6-15-7-9-18)14-16-13(19-17-14)10-12-4-2-3-5-12/h11-12,15H,2-10H2,1H3. The van der Waals surface area contributed by atoms with E-state index < -0.39 is 0 Å². The molecule has 0 radical (unpaired) electrons. The highest BCUT2D eigenvalue weighted by atomic mass is 16.5. The van der Waals surface area contributed by atoms with Crippen molar-refractivity contribution in [3.8, 4) is 0 Å². The zero-order chi connectivity index (χ0) is 13.1. The number of hydrogen-bond donors (Lipinski definition) is 1. The van der Waals surface area contributed by atoms with Gasteiger partial charge in [0.05, 0.1) is 6.04 Å². The Hall–Kier alpha value is -0.940. The third-order valence-corrected chi connectivity index (χ3v) is 4.49. The smallest absolute Gasteiger partial charge is 0.226 e. The molecule has 19 heavy (non-hydrogen) atoms. The molecule has 5 heteroatoms. The molecule has 2 aliphatic rings. The zero-order valence-corrected chi connectivity index (χ0v) is 11.8. The molecule has 1 saturated heterocycles. The summed E-state index contributed by atoms with van der Waals surface area (Å²) in [5.74, 6) is 2.46. The van der Waals surface area contributed by atoms with Crippen molar-refractivity contribution in [1.29, 1.82) is 0 Å². The van der Waals surface area contributed by atoms with Crippen LogP contribution in [0.25, 0.3) is 0 Å². The van der Waals surface area contributed by atoms with Gasteiger partial charge in [0.15, 0.2) is 5.82 Å². The normalized spacial score (nSPS) is 23.8. The predicted octanol–water partition coefficient (Wildman–Crippen LogP) is 1.77. The van der Waals surface area contributed by atoms with Crippen molar-refractivity contribution < 1.29 is 4.52 Å². The summed E-state index contributed by atoms with van der Waals surface area (Å²) in [5.41, 5.74) is 0. The van der Waals surface area contributed by atoms with Crippen molar-refractivity contribution in [1.82, 2.24) is 20.4 Å². The summed E-state index contributed by atoms with van der Waals surface area (Å²) in [7, 11) is 0. The van der Waals surface area contributed by atoms with Gasteiger partial charge in [0.1, 0.15) is 0 Å². The lowest BCUT2D eigenvalue weighted by atomic mass is 10.0. The number of aromatic nitrogens is 2. The van der Waals surface area contributed by atoms with Gasteiger partial charge in [-0.25, -0.2) is 0 Å². The maximum atomic E-state index is 5.44. The highest BCUT2D eigenvalue weighted by Gasteiger charge is 2.24. The molecule has 1 aromatic rings. The highest BCUT2D eigenvalue weighted by molar-refractivity contribution is 4.95. The summed E-state index contributed by atoms with van der Waals surface area (Å²) in [6.45, 7) is 6.41. The molecule has 0 spiro atoms.